The van der Waals surface area contributed by atoms with E-state index in [1.165, 1.54) is 38.9 Å². The Hall–Kier alpha value is -3.49. The van der Waals surface area contributed by atoms with Crippen molar-refractivity contribution in [3.8, 4) is 0 Å². The molecule has 5 aromatic carbocycles. The number of hydrogen-bond acceptors (Lipinski definition) is 4. The van der Waals surface area contributed by atoms with Gasteiger partial charge in [-0.3, -0.25) is 15.4 Å². The molecule has 9 rings (SSSR count). The van der Waals surface area contributed by atoms with Crippen LogP contribution < -0.4 is 21.1 Å². The Morgan fingerprint density at radius 2 is 1.66 bits per heavy atom. The van der Waals surface area contributed by atoms with Crippen LogP contribution in [0.5, 0.6) is 0 Å². The van der Waals surface area contributed by atoms with Gasteiger partial charge in [-0.1, -0.05) is 156 Å². The number of piperazine rings is 1. The van der Waals surface area contributed by atoms with E-state index in [9.17, 15) is 0 Å². The Morgan fingerprint density at radius 1 is 0.855 bits per heavy atom. The van der Waals surface area contributed by atoms with Crippen LogP contribution in [0.15, 0.2) is 103 Å². The van der Waals surface area contributed by atoms with Gasteiger partial charge in [-0.05, 0) is 108 Å². The summed E-state index contributed by atoms with van der Waals surface area (Å²) in [6.07, 6.45) is 9.29. The summed E-state index contributed by atoms with van der Waals surface area (Å²) in [5.74, 6) is 0.514. The van der Waals surface area contributed by atoms with Crippen molar-refractivity contribution < 1.29 is 9.39 Å². The highest BCUT2D eigenvalue weighted by atomic mass is 35.5. The molecular weight excluding hydrogens is 850 g/mol. The summed E-state index contributed by atoms with van der Waals surface area (Å²) in [5.41, 5.74) is 10.2. The molecule has 0 spiro atoms. The molecule has 0 amide bonds. The molecule has 0 saturated carbocycles. The number of piperidine rings is 1. The van der Waals surface area contributed by atoms with E-state index in [1.54, 1.807) is 12.1 Å². The number of ketones is 1. The van der Waals surface area contributed by atoms with E-state index in [0.29, 0.717) is 44.1 Å². The van der Waals surface area contributed by atoms with Crippen LogP contribution in [-0.2, 0) is 36.9 Å². The van der Waals surface area contributed by atoms with Gasteiger partial charge in [-0.25, -0.2) is 4.59 Å². The first-order valence-electron chi connectivity index (χ1n) is 22.6. The van der Waals surface area contributed by atoms with Crippen LogP contribution >= 0.6 is 46.4 Å². The number of hydrogen-bond donors (Lipinski definition) is 2. The smallest absolute Gasteiger partial charge is 0.187 e. The van der Waals surface area contributed by atoms with Gasteiger partial charge in [0.15, 0.2) is 11.9 Å². The number of fused-ring (bicyclic) bond motifs is 2. The number of nitrogens with zero attached hydrogens (tertiary/aromatic N) is 2. The van der Waals surface area contributed by atoms with E-state index >= 15 is 4.79 Å². The number of halogens is 4. The first kappa shape index (κ1) is 43.7. The van der Waals surface area contributed by atoms with Crippen LogP contribution in [0, 0.1) is 12.8 Å². The van der Waals surface area contributed by atoms with Gasteiger partial charge >= 0.3 is 0 Å². The molecule has 1 aliphatic carbocycles. The number of quaternary nitrogens is 1. The van der Waals surface area contributed by atoms with Crippen LogP contribution in [0.1, 0.15) is 82.8 Å². The largest absolute Gasteiger partial charge is 0.297 e. The molecule has 0 radical (unpaired) electrons. The lowest BCUT2D eigenvalue weighted by atomic mass is 9.84. The number of Topliss-reactive ketones (excluding diaryl/α,β-unsaturated/α-hetero) is 1. The normalized spacial score (nSPS) is 25.1. The Morgan fingerprint density at radius 3 is 2.45 bits per heavy atom. The van der Waals surface area contributed by atoms with Crippen molar-refractivity contribution >= 4 is 63.3 Å². The summed E-state index contributed by atoms with van der Waals surface area (Å²) in [5, 5.41) is 15.3. The topological polar surface area (TPSA) is 44.4 Å². The molecule has 6 unspecified atom stereocenters. The first-order chi connectivity index (χ1) is 30.1. The third-order valence-corrected chi connectivity index (χ3v) is 15.5. The maximum Gasteiger partial charge on any atom is 0.187 e. The second kappa shape index (κ2) is 18.9. The van der Waals surface area contributed by atoms with Gasteiger partial charge in [0, 0.05) is 57.0 Å². The molecule has 2 saturated heterocycles. The predicted molar refractivity (Wildman–Crippen MR) is 257 cm³/mol. The summed E-state index contributed by atoms with van der Waals surface area (Å²) in [6.45, 7) is 8.45. The number of carbonyl (C=O) groups excluding carboxylic acids is 1. The lowest BCUT2D eigenvalue weighted by Crippen LogP contribution is -2.77. The van der Waals surface area contributed by atoms with Gasteiger partial charge in [0.1, 0.15) is 19.1 Å². The lowest BCUT2D eigenvalue weighted by molar-refractivity contribution is -1.07. The van der Waals surface area contributed by atoms with Gasteiger partial charge < -0.3 is 0 Å². The van der Waals surface area contributed by atoms with Gasteiger partial charge in [0.05, 0.1) is 12.6 Å². The number of benzene rings is 5. The number of rotatable bonds is 11. The second-order valence-electron chi connectivity index (χ2n) is 18.1. The minimum Gasteiger partial charge on any atom is -0.297 e. The SMILES string of the molecule is CCc1ccc2c(c1)=C(Cl)CC(C1C[N+](C3NCCc4c(CCc5cccc(C)c5)cccc43)(N3CCCC(c4ccccc4)C3)CC(C(=O)Cc3c(Cl)cc(Cl)cc3Cl)N1)C=2. The van der Waals surface area contributed by atoms with Crippen molar-refractivity contribution in [2.45, 2.75) is 89.4 Å². The first-order valence-corrected chi connectivity index (χ1v) is 24.1. The van der Waals surface area contributed by atoms with E-state index in [4.69, 9.17) is 46.4 Å². The highest BCUT2D eigenvalue weighted by molar-refractivity contribution is 6.45. The minimum atomic E-state index is -0.485. The third-order valence-electron chi connectivity index (χ3n) is 14.2. The molecule has 4 aliphatic rings. The summed E-state index contributed by atoms with van der Waals surface area (Å²) in [6, 6.07) is 36.4. The fourth-order valence-corrected chi connectivity index (χ4v) is 12.3. The zero-order valence-corrected chi connectivity index (χ0v) is 38.8. The summed E-state index contributed by atoms with van der Waals surface area (Å²) in [7, 11) is 0. The van der Waals surface area contributed by atoms with Crippen molar-refractivity contribution in [1.29, 1.82) is 0 Å². The van der Waals surface area contributed by atoms with Gasteiger partial charge in [-0.2, -0.15) is 5.01 Å². The maximum absolute atomic E-state index is 15.1. The monoisotopic (exact) mass is 905 g/mol. The van der Waals surface area contributed by atoms with Crippen molar-refractivity contribution in [2.24, 2.45) is 5.92 Å². The Kier molecular flexibility index (Phi) is 13.4. The number of nitrogens with one attached hydrogen (secondary N) is 2. The predicted octanol–water partition coefficient (Wildman–Crippen LogP) is 10.1. The summed E-state index contributed by atoms with van der Waals surface area (Å²) >= 11 is 27.2. The van der Waals surface area contributed by atoms with Crippen molar-refractivity contribution in [3.05, 3.63) is 173 Å². The highest BCUT2D eigenvalue weighted by Gasteiger charge is 2.55. The van der Waals surface area contributed by atoms with Crippen LogP contribution in [-0.4, -0.2) is 60.2 Å². The van der Waals surface area contributed by atoms with Gasteiger partial charge in [-0.15, -0.1) is 0 Å². The van der Waals surface area contributed by atoms with Crippen LogP contribution in [0.3, 0.4) is 0 Å². The molecule has 9 heteroatoms. The molecule has 62 heavy (non-hydrogen) atoms. The lowest BCUT2D eigenvalue weighted by Gasteiger charge is -2.58. The zero-order valence-electron chi connectivity index (χ0n) is 35.8. The zero-order chi connectivity index (χ0) is 43.0. The van der Waals surface area contributed by atoms with Gasteiger partial charge in [0.25, 0.3) is 0 Å². The van der Waals surface area contributed by atoms with Crippen LogP contribution in [0.25, 0.3) is 11.1 Å². The highest BCUT2D eigenvalue weighted by Crippen LogP contribution is 2.43. The standard InChI is InChI=1S/C53H57Cl4N4O/c1-3-35-17-20-39-26-41(27-47(55)45(39)25-35)50-32-61(60-23-9-15-40(31-60)37-12-5-4-6-13-37,33-51(59-50)52(62)30-46-48(56)28-42(54)29-49(46)57)53-44-16-8-14-38(43(44)21-22-58-53)19-18-36-11-7-10-34(2)24-36/h4-8,10-14,16-17,20,24-26,28-29,40-41,50-51,53,58-59H,3,9,15,18-19,21-23,27,30-33H2,1-2H3/q+1. The van der Waals surface area contributed by atoms with Crippen LogP contribution in [0.2, 0.25) is 15.1 Å². The van der Waals surface area contributed by atoms with E-state index in [0.717, 1.165) is 80.2 Å². The quantitative estimate of drug-likeness (QED) is 0.130. The molecular formula is C53H57Cl4N4O+. The maximum atomic E-state index is 15.1. The average Bonchev–Trinajstić information content (AvgIpc) is 3.29. The molecule has 2 N–H and O–H groups in total. The second-order valence-corrected chi connectivity index (χ2v) is 19.8. The number of aryl methyl sites for hydroxylation is 4. The van der Waals surface area contributed by atoms with Crippen molar-refractivity contribution in [1.82, 2.24) is 15.6 Å². The van der Waals surface area contributed by atoms with E-state index in [2.05, 4.69) is 127 Å². The molecule has 322 valence electrons. The molecule has 5 aromatic rings. The third kappa shape index (κ3) is 9.08. The van der Waals surface area contributed by atoms with Crippen molar-refractivity contribution in [3.63, 3.8) is 0 Å². The Labute approximate surface area is 387 Å². The fraction of sp³-hybridized carbons (Fsp3) is 0.377. The average molecular weight is 908 g/mol. The number of carbonyl (C=O) groups is 1. The Bertz CT molecular complexity index is 2560. The van der Waals surface area contributed by atoms with Gasteiger partial charge in [0.2, 0.25) is 0 Å². The molecule has 3 aliphatic heterocycles. The fourth-order valence-electron chi connectivity index (χ4n) is 11.0. The summed E-state index contributed by atoms with van der Waals surface area (Å²) in [4.78, 5) is 15.1. The van der Waals surface area contributed by atoms with E-state index in [-0.39, 0.29) is 30.3 Å². The van der Waals surface area contributed by atoms with E-state index < -0.39 is 6.04 Å². The molecule has 0 bridgehead atoms. The van der Waals surface area contributed by atoms with Crippen molar-refractivity contribution in [2.75, 3.05) is 32.7 Å². The minimum absolute atomic E-state index is 0.0581. The summed E-state index contributed by atoms with van der Waals surface area (Å²) < 4.78 is 0.622. The molecule has 6 atom stereocenters. The Balaban J connectivity index is 1.16. The molecule has 3 heterocycles. The molecule has 5 nitrogen and oxygen atoms in total. The molecule has 2 fully saturated rings. The van der Waals surface area contributed by atoms with E-state index in [1.807, 2.05) is 0 Å². The molecule has 0 aromatic heterocycles. The van der Waals surface area contributed by atoms with Crippen LogP contribution in [0.4, 0.5) is 0 Å².